The van der Waals surface area contributed by atoms with Crippen molar-refractivity contribution in [2.45, 2.75) is 20.8 Å². The first-order valence-corrected chi connectivity index (χ1v) is 6.01. The number of rotatable bonds is 6. The van der Waals surface area contributed by atoms with Gasteiger partial charge in [-0.05, 0) is 31.6 Å². The molecule has 0 radical (unpaired) electrons. The number of aromatic nitrogens is 2. The number of hydrogen-bond acceptors (Lipinski definition) is 4. The minimum Gasteiger partial charge on any atom is -0.369 e. The molecule has 1 heterocycles. The first-order valence-electron chi connectivity index (χ1n) is 5.63. The molecule has 1 rings (SSSR count). The summed E-state index contributed by atoms with van der Waals surface area (Å²) >= 11 is 5.77. The Morgan fingerprint density at radius 1 is 1.31 bits per heavy atom. The fourth-order valence-corrected chi connectivity index (χ4v) is 1.73. The molecule has 1 aromatic heterocycles. The second-order valence-electron chi connectivity index (χ2n) is 3.62. The van der Waals surface area contributed by atoms with E-state index < -0.39 is 0 Å². The van der Waals surface area contributed by atoms with Crippen LogP contribution < -0.4 is 5.32 Å². The predicted octanol–water partition coefficient (Wildman–Crippen LogP) is 2.19. The highest BCUT2D eigenvalue weighted by atomic mass is 35.5. The largest absolute Gasteiger partial charge is 0.369 e. The van der Waals surface area contributed by atoms with Crippen LogP contribution in [0.5, 0.6) is 0 Å². The maximum atomic E-state index is 5.77. The van der Waals surface area contributed by atoms with Gasteiger partial charge in [0.15, 0.2) is 0 Å². The van der Waals surface area contributed by atoms with Gasteiger partial charge in [0.2, 0.25) is 5.28 Å². The van der Waals surface area contributed by atoms with E-state index in [2.05, 4.69) is 34.0 Å². The fraction of sp³-hybridized carbons (Fsp3) is 0.636. The van der Waals surface area contributed by atoms with Crippen LogP contribution >= 0.6 is 11.6 Å². The summed E-state index contributed by atoms with van der Waals surface area (Å²) < 4.78 is 0. The molecule has 0 saturated carbocycles. The quantitative estimate of drug-likeness (QED) is 0.777. The topological polar surface area (TPSA) is 41.0 Å². The molecule has 0 amide bonds. The Morgan fingerprint density at radius 2 is 2.00 bits per heavy atom. The van der Waals surface area contributed by atoms with Gasteiger partial charge in [0.1, 0.15) is 5.82 Å². The molecule has 0 unspecified atom stereocenters. The van der Waals surface area contributed by atoms with Crippen molar-refractivity contribution < 1.29 is 0 Å². The molecule has 0 saturated heterocycles. The molecule has 0 fully saturated rings. The van der Waals surface area contributed by atoms with Gasteiger partial charge in [-0.25, -0.2) is 9.97 Å². The van der Waals surface area contributed by atoms with Crippen LogP contribution in [0.3, 0.4) is 0 Å². The van der Waals surface area contributed by atoms with Gasteiger partial charge >= 0.3 is 0 Å². The van der Waals surface area contributed by atoms with Crippen LogP contribution in [0.1, 0.15) is 19.5 Å². The number of halogens is 1. The zero-order chi connectivity index (χ0) is 12.0. The second kappa shape index (κ2) is 6.66. The molecule has 1 N–H and O–H groups in total. The number of aryl methyl sites for hydroxylation is 1. The summed E-state index contributed by atoms with van der Waals surface area (Å²) in [5.74, 6) is 0.796. The average Bonchev–Trinajstić information content (AvgIpc) is 2.23. The SMILES string of the molecule is CCN(CC)CCNc1cc(C)nc(Cl)n1. The van der Waals surface area contributed by atoms with Crippen molar-refractivity contribution >= 4 is 17.4 Å². The van der Waals surface area contributed by atoms with Gasteiger partial charge in [-0.15, -0.1) is 0 Å². The summed E-state index contributed by atoms with van der Waals surface area (Å²) in [6.45, 7) is 10.2. The van der Waals surface area contributed by atoms with Crippen molar-refractivity contribution in [3.63, 3.8) is 0 Å². The lowest BCUT2D eigenvalue weighted by Gasteiger charge is -2.18. The van der Waals surface area contributed by atoms with Crippen LogP contribution in [0.15, 0.2) is 6.07 Å². The monoisotopic (exact) mass is 242 g/mol. The van der Waals surface area contributed by atoms with Crippen LogP contribution in [-0.4, -0.2) is 41.0 Å². The Morgan fingerprint density at radius 3 is 2.56 bits per heavy atom. The van der Waals surface area contributed by atoms with E-state index in [1.165, 1.54) is 0 Å². The van der Waals surface area contributed by atoms with E-state index in [0.29, 0.717) is 5.28 Å². The lowest BCUT2D eigenvalue weighted by Crippen LogP contribution is -2.28. The smallest absolute Gasteiger partial charge is 0.224 e. The van der Waals surface area contributed by atoms with Gasteiger partial charge in [0.25, 0.3) is 0 Å². The lowest BCUT2D eigenvalue weighted by molar-refractivity contribution is 0.316. The van der Waals surface area contributed by atoms with Crippen molar-refractivity contribution in [1.29, 1.82) is 0 Å². The summed E-state index contributed by atoms with van der Waals surface area (Å²) in [5.41, 5.74) is 0.880. The summed E-state index contributed by atoms with van der Waals surface area (Å²) in [6, 6.07) is 1.90. The highest BCUT2D eigenvalue weighted by molar-refractivity contribution is 6.28. The number of likely N-dealkylation sites (N-methyl/N-ethyl adjacent to an activating group) is 1. The zero-order valence-corrected chi connectivity index (χ0v) is 10.9. The Balaban J connectivity index is 2.42. The third kappa shape index (κ3) is 4.33. The molecule has 4 nitrogen and oxygen atoms in total. The molecule has 0 spiro atoms. The number of nitrogens with one attached hydrogen (secondary N) is 1. The highest BCUT2D eigenvalue weighted by Crippen LogP contribution is 2.09. The van der Waals surface area contributed by atoms with E-state index in [1.54, 1.807) is 0 Å². The van der Waals surface area contributed by atoms with Gasteiger partial charge in [0, 0.05) is 24.8 Å². The second-order valence-corrected chi connectivity index (χ2v) is 3.96. The lowest BCUT2D eigenvalue weighted by atomic mass is 10.4. The minimum absolute atomic E-state index is 0.297. The molecule has 0 aliphatic rings. The fourth-order valence-electron chi connectivity index (χ4n) is 1.50. The van der Waals surface area contributed by atoms with Gasteiger partial charge in [-0.1, -0.05) is 13.8 Å². The molecule has 5 heteroatoms. The average molecular weight is 243 g/mol. The molecule has 0 aliphatic carbocycles. The van der Waals surface area contributed by atoms with Crippen molar-refractivity contribution in [1.82, 2.24) is 14.9 Å². The molecule has 0 bridgehead atoms. The molecule has 0 aliphatic heterocycles. The summed E-state index contributed by atoms with van der Waals surface area (Å²) in [4.78, 5) is 10.5. The van der Waals surface area contributed by atoms with Crippen molar-refractivity contribution in [2.24, 2.45) is 0 Å². The summed E-state index contributed by atoms with van der Waals surface area (Å²) in [7, 11) is 0. The molecular formula is C11H19ClN4. The minimum atomic E-state index is 0.297. The van der Waals surface area contributed by atoms with E-state index >= 15 is 0 Å². The number of hydrogen-bond donors (Lipinski definition) is 1. The molecular weight excluding hydrogens is 224 g/mol. The van der Waals surface area contributed by atoms with Gasteiger partial charge in [0.05, 0.1) is 0 Å². The molecule has 90 valence electrons. The Hall–Kier alpha value is -0.870. The standard InChI is InChI=1S/C11H19ClN4/c1-4-16(5-2)7-6-13-10-8-9(3)14-11(12)15-10/h8H,4-7H2,1-3H3,(H,13,14,15). The molecule has 0 atom stereocenters. The number of nitrogens with zero attached hydrogens (tertiary/aromatic N) is 3. The third-order valence-corrected chi connectivity index (χ3v) is 2.62. The van der Waals surface area contributed by atoms with E-state index in [1.807, 2.05) is 13.0 Å². The van der Waals surface area contributed by atoms with Crippen molar-refractivity contribution in [2.75, 3.05) is 31.5 Å². The van der Waals surface area contributed by atoms with Gasteiger partial charge < -0.3 is 10.2 Å². The molecule has 16 heavy (non-hydrogen) atoms. The van der Waals surface area contributed by atoms with Crippen molar-refractivity contribution in [3.05, 3.63) is 17.0 Å². The van der Waals surface area contributed by atoms with Crippen LogP contribution in [0.2, 0.25) is 5.28 Å². The Kier molecular flexibility index (Phi) is 5.49. The van der Waals surface area contributed by atoms with Gasteiger partial charge in [-0.2, -0.15) is 0 Å². The van der Waals surface area contributed by atoms with Crippen LogP contribution in [0.25, 0.3) is 0 Å². The van der Waals surface area contributed by atoms with E-state index in [4.69, 9.17) is 11.6 Å². The van der Waals surface area contributed by atoms with Gasteiger partial charge in [-0.3, -0.25) is 0 Å². The van der Waals surface area contributed by atoms with E-state index in [-0.39, 0.29) is 0 Å². The highest BCUT2D eigenvalue weighted by Gasteiger charge is 2.01. The first-order chi connectivity index (χ1) is 7.65. The van der Waals surface area contributed by atoms with Crippen LogP contribution in [-0.2, 0) is 0 Å². The maximum absolute atomic E-state index is 5.77. The predicted molar refractivity (Wildman–Crippen MR) is 68.1 cm³/mol. The Bertz CT molecular complexity index is 306. The molecule has 1 aromatic rings. The summed E-state index contributed by atoms with van der Waals surface area (Å²) in [5, 5.41) is 3.54. The maximum Gasteiger partial charge on any atom is 0.224 e. The van der Waals surface area contributed by atoms with E-state index in [9.17, 15) is 0 Å². The van der Waals surface area contributed by atoms with Crippen LogP contribution in [0.4, 0.5) is 5.82 Å². The molecule has 0 aromatic carbocycles. The van der Waals surface area contributed by atoms with Crippen molar-refractivity contribution in [3.8, 4) is 0 Å². The first kappa shape index (κ1) is 13.2. The third-order valence-electron chi connectivity index (χ3n) is 2.46. The van der Waals surface area contributed by atoms with Crippen LogP contribution in [0, 0.1) is 6.92 Å². The van der Waals surface area contributed by atoms with E-state index in [0.717, 1.165) is 37.7 Å². The Labute approximate surface area is 102 Å². The summed E-state index contributed by atoms with van der Waals surface area (Å²) in [6.07, 6.45) is 0. The normalized spacial score (nSPS) is 10.8. The number of anilines is 1. The zero-order valence-electron chi connectivity index (χ0n) is 10.1.